The molecule has 0 saturated carbocycles. The number of carboxylic acids is 1. The van der Waals surface area contributed by atoms with E-state index in [1.807, 2.05) is 0 Å². The third-order valence-electron chi connectivity index (χ3n) is 3.01. The Balaban J connectivity index is 2.29. The van der Waals surface area contributed by atoms with Crippen molar-refractivity contribution < 1.29 is 27.4 Å². The van der Waals surface area contributed by atoms with Crippen molar-refractivity contribution in [1.82, 2.24) is 0 Å². The van der Waals surface area contributed by atoms with E-state index in [9.17, 15) is 17.6 Å². The Morgan fingerprint density at radius 2 is 2.21 bits per heavy atom. The van der Waals surface area contributed by atoms with Crippen LogP contribution in [0.25, 0.3) is 0 Å². The minimum atomic E-state index is -3.63. The van der Waals surface area contributed by atoms with E-state index in [4.69, 9.17) is 9.84 Å². The van der Waals surface area contributed by atoms with Crippen molar-refractivity contribution in [3.05, 3.63) is 29.6 Å². The number of hydrogen-bond acceptors (Lipinski definition) is 4. The Labute approximate surface area is 109 Å². The maximum Gasteiger partial charge on any atom is 0.338 e. The van der Waals surface area contributed by atoms with Crippen LogP contribution < -0.4 is 0 Å². The lowest BCUT2D eigenvalue weighted by Crippen LogP contribution is -2.17. The molecular weight excluding hydrogens is 275 g/mol. The average molecular weight is 288 g/mol. The van der Waals surface area contributed by atoms with Gasteiger partial charge in [-0.3, -0.25) is 0 Å². The fraction of sp³-hybridized carbons (Fsp3) is 0.417. The van der Waals surface area contributed by atoms with Crippen molar-refractivity contribution in [2.45, 2.75) is 11.3 Å². The summed E-state index contributed by atoms with van der Waals surface area (Å²) >= 11 is 0. The third kappa shape index (κ3) is 3.10. The Kier molecular flexibility index (Phi) is 3.86. The lowest BCUT2D eigenvalue weighted by Gasteiger charge is -2.09. The fourth-order valence-electron chi connectivity index (χ4n) is 1.98. The first-order valence-corrected chi connectivity index (χ1v) is 7.39. The summed E-state index contributed by atoms with van der Waals surface area (Å²) in [5, 5.41) is 8.79. The van der Waals surface area contributed by atoms with Gasteiger partial charge in [0.2, 0.25) is 0 Å². The highest BCUT2D eigenvalue weighted by atomic mass is 32.2. The van der Waals surface area contributed by atoms with E-state index in [1.165, 1.54) is 0 Å². The molecule has 1 aromatic carbocycles. The van der Waals surface area contributed by atoms with Gasteiger partial charge in [0.15, 0.2) is 9.84 Å². The lowest BCUT2D eigenvalue weighted by atomic mass is 10.2. The molecule has 0 radical (unpaired) electrons. The van der Waals surface area contributed by atoms with Gasteiger partial charge in [-0.15, -0.1) is 0 Å². The summed E-state index contributed by atoms with van der Waals surface area (Å²) in [4.78, 5) is 10.6. The van der Waals surface area contributed by atoms with Gasteiger partial charge in [-0.2, -0.15) is 0 Å². The molecule has 1 atom stereocenters. The first kappa shape index (κ1) is 14.0. The lowest BCUT2D eigenvalue weighted by molar-refractivity contribution is 0.0691. The van der Waals surface area contributed by atoms with Gasteiger partial charge in [0.1, 0.15) is 5.82 Å². The van der Waals surface area contributed by atoms with Gasteiger partial charge in [0, 0.05) is 6.61 Å². The molecule has 1 heterocycles. The number of halogens is 1. The summed E-state index contributed by atoms with van der Waals surface area (Å²) in [6.45, 7) is 0.913. The average Bonchev–Trinajstić information content (AvgIpc) is 2.80. The van der Waals surface area contributed by atoms with Gasteiger partial charge >= 0.3 is 5.97 Å². The van der Waals surface area contributed by atoms with E-state index in [2.05, 4.69) is 0 Å². The van der Waals surface area contributed by atoms with Gasteiger partial charge in [0.05, 0.1) is 22.8 Å². The Hall–Kier alpha value is -1.47. The second kappa shape index (κ2) is 5.26. The number of carbonyl (C=O) groups is 1. The summed E-state index contributed by atoms with van der Waals surface area (Å²) in [5.41, 5.74) is -0.635. The quantitative estimate of drug-likeness (QED) is 0.845. The van der Waals surface area contributed by atoms with E-state index >= 15 is 0 Å². The highest BCUT2D eigenvalue weighted by Gasteiger charge is 2.26. The molecule has 7 heteroatoms. The fourth-order valence-corrected chi connectivity index (χ4v) is 3.63. The van der Waals surface area contributed by atoms with Crippen molar-refractivity contribution in [3.8, 4) is 0 Å². The van der Waals surface area contributed by atoms with E-state index < -0.39 is 27.2 Å². The molecule has 0 spiro atoms. The standard InChI is InChI=1S/C12H13FO5S/c13-11-2-1-9(5-10(11)12(14)15)19(16,17)7-8-3-4-18-6-8/h1-2,5,8H,3-4,6-7H2,(H,14,15). The van der Waals surface area contributed by atoms with Crippen molar-refractivity contribution in [2.24, 2.45) is 5.92 Å². The van der Waals surface area contributed by atoms with Crippen LogP contribution in [0.1, 0.15) is 16.8 Å². The number of ether oxygens (including phenoxy) is 1. The van der Waals surface area contributed by atoms with Gasteiger partial charge in [-0.1, -0.05) is 0 Å². The number of aromatic carboxylic acids is 1. The Morgan fingerprint density at radius 3 is 2.79 bits per heavy atom. The predicted octanol–water partition coefficient (Wildman–Crippen LogP) is 1.33. The van der Waals surface area contributed by atoms with Crippen LogP contribution in [-0.4, -0.2) is 38.5 Å². The summed E-state index contributed by atoms with van der Waals surface area (Å²) in [6.07, 6.45) is 0.659. The topological polar surface area (TPSA) is 80.7 Å². The van der Waals surface area contributed by atoms with Crippen LogP contribution in [0.4, 0.5) is 4.39 Å². The summed E-state index contributed by atoms with van der Waals surface area (Å²) in [7, 11) is -3.63. The molecule has 0 bridgehead atoms. The smallest absolute Gasteiger partial charge is 0.338 e. The highest BCUT2D eigenvalue weighted by Crippen LogP contribution is 2.22. The number of sulfone groups is 1. The SMILES string of the molecule is O=C(O)c1cc(S(=O)(=O)CC2CCOC2)ccc1F. The molecule has 1 saturated heterocycles. The minimum Gasteiger partial charge on any atom is -0.478 e. The molecule has 1 N–H and O–H groups in total. The molecule has 1 unspecified atom stereocenters. The van der Waals surface area contributed by atoms with E-state index in [0.717, 1.165) is 18.2 Å². The van der Waals surface area contributed by atoms with Crippen LogP contribution in [0, 0.1) is 11.7 Å². The maximum absolute atomic E-state index is 13.2. The molecule has 2 rings (SSSR count). The minimum absolute atomic E-state index is 0.0941. The third-order valence-corrected chi connectivity index (χ3v) is 4.89. The summed E-state index contributed by atoms with van der Waals surface area (Å²) in [6, 6.07) is 2.82. The van der Waals surface area contributed by atoms with Crippen LogP contribution in [-0.2, 0) is 14.6 Å². The molecule has 5 nitrogen and oxygen atoms in total. The zero-order valence-electron chi connectivity index (χ0n) is 10.0. The maximum atomic E-state index is 13.2. The second-order valence-corrected chi connectivity index (χ2v) is 6.49. The predicted molar refractivity (Wildman–Crippen MR) is 64.3 cm³/mol. The molecular formula is C12H13FO5S. The first-order chi connectivity index (χ1) is 8.90. The normalized spacial score (nSPS) is 19.5. The van der Waals surface area contributed by atoms with Gasteiger partial charge < -0.3 is 9.84 Å². The summed E-state index contributed by atoms with van der Waals surface area (Å²) in [5.74, 6) is -2.64. The zero-order chi connectivity index (χ0) is 14.0. The molecule has 1 fully saturated rings. The Bertz CT molecular complexity index is 590. The Morgan fingerprint density at radius 1 is 1.47 bits per heavy atom. The number of rotatable bonds is 4. The van der Waals surface area contributed by atoms with E-state index in [1.54, 1.807) is 0 Å². The van der Waals surface area contributed by atoms with Crippen molar-refractivity contribution in [1.29, 1.82) is 0 Å². The monoisotopic (exact) mass is 288 g/mol. The highest BCUT2D eigenvalue weighted by molar-refractivity contribution is 7.91. The van der Waals surface area contributed by atoms with Gasteiger partial charge in [0.25, 0.3) is 0 Å². The van der Waals surface area contributed by atoms with Crippen molar-refractivity contribution in [2.75, 3.05) is 19.0 Å². The largest absolute Gasteiger partial charge is 0.478 e. The summed E-state index contributed by atoms with van der Waals surface area (Å²) < 4.78 is 42.5. The van der Waals surface area contributed by atoms with Gasteiger partial charge in [-0.25, -0.2) is 17.6 Å². The molecule has 0 amide bonds. The van der Waals surface area contributed by atoms with Crippen LogP contribution in [0.3, 0.4) is 0 Å². The van der Waals surface area contributed by atoms with Crippen LogP contribution in [0.5, 0.6) is 0 Å². The molecule has 1 aliphatic rings. The van der Waals surface area contributed by atoms with Crippen molar-refractivity contribution in [3.63, 3.8) is 0 Å². The van der Waals surface area contributed by atoms with Crippen LogP contribution in [0.2, 0.25) is 0 Å². The first-order valence-electron chi connectivity index (χ1n) is 5.73. The van der Waals surface area contributed by atoms with Gasteiger partial charge in [-0.05, 0) is 30.5 Å². The van der Waals surface area contributed by atoms with Crippen LogP contribution in [0.15, 0.2) is 23.1 Å². The number of carboxylic acid groups (broad SMARTS) is 1. The number of benzene rings is 1. The number of hydrogen-bond donors (Lipinski definition) is 1. The molecule has 1 aliphatic heterocycles. The van der Waals surface area contributed by atoms with Crippen molar-refractivity contribution >= 4 is 15.8 Å². The molecule has 0 aromatic heterocycles. The molecule has 1 aromatic rings. The van der Waals surface area contributed by atoms with Crippen LogP contribution >= 0.6 is 0 Å². The molecule has 104 valence electrons. The second-order valence-electron chi connectivity index (χ2n) is 4.46. The molecule has 0 aliphatic carbocycles. The van der Waals surface area contributed by atoms with E-state index in [0.29, 0.717) is 19.6 Å². The van der Waals surface area contributed by atoms with E-state index in [-0.39, 0.29) is 16.6 Å². The molecule has 19 heavy (non-hydrogen) atoms. The zero-order valence-corrected chi connectivity index (χ0v) is 10.8.